The zero-order chi connectivity index (χ0) is 13.7. The van der Waals surface area contributed by atoms with E-state index in [1.165, 1.54) is 7.11 Å². The Hall–Kier alpha value is -1.39. The molecule has 0 unspecified atom stereocenters. The summed E-state index contributed by atoms with van der Waals surface area (Å²) in [7, 11) is 3.52. The van der Waals surface area contributed by atoms with E-state index in [1.807, 2.05) is 24.3 Å². The molecule has 19 heavy (non-hydrogen) atoms. The van der Waals surface area contributed by atoms with Gasteiger partial charge in [-0.3, -0.25) is 4.90 Å². The van der Waals surface area contributed by atoms with E-state index < -0.39 is 0 Å². The molecule has 1 aromatic rings. The molecule has 0 N–H and O–H groups in total. The Bertz CT molecular complexity index is 427. The first-order valence-electron chi connectivity index (χ1n) is 6.66. The summed E-state index contributed by atoms with van der Waals surface area (Å²) in [6.07, 6.45) is 2.10. The van der Waals surface area contributed by atoms with Crippen molar-refractivity contribution in [2.24, 2.45) is 0 Å². The molecule has 1 saturated heterocycles. The van der Waals surface area contributed by atoms with Crippen molar-refractivity contribution in [2.45, 2.75) is 25.4 Å². The lowest BCUT2D eigenvalue weighted by atomic mass is 10.0. The van der Waals surface area contributed by atoms with Gasteiger partial charge in [-0.05, 0) is 31.5 Å². The first kappa shape index (κ1) is 14.0. The van der Waals surface area contributed by atoms with Gasteiger partial charge in [0.1, 0.15) is 0 Å². The van der Waals surface area contributed by atoms with E-state index in [9.17, 15) is 4.79 Å². The highest BCUT2D eigenvalue weighted by Gasteiger charge is 2.20. The largest absolute Gasteiger partial charge is 0.465 e. The van der Waals surface area contributed by atoms with Gasteiger partial charge in [0.15, 0.2) is 0 Å². The van der Waals surface area contributed by atoms with Crippen LogP contribution < -0.4 is 0 Å². The van der Waals surface area contributed by atoms with Crippen molar-refractivity contribution in [3.63, 3.8) is 0 Å². The summed E-state index contributed by atoms with van der Waals surface area (Å²) >= 11 is 0. The van der Waals surface area contributed by atoms with Gasteiger partial charge in [0.25, 0.3) is 0 Å². The maximum absolute atomic E-state index is 11.7. The van der Waals surface area contributed by atoms with Crippen molar-refractivity contribution >= 4 is 5.97 Å². The number of benzene rings is 1. The number of carbonyl (C=O) groups excluding carboxylic acids is 1. The molecular formula is C15H21NO3. The standard InChI is InChI=1S/C15H21NO3/c1-16(13-7-9-19-10-8-13)11-12-5-3-4-6-14(12)15(17)18-2/h3-6,13H,7-11H2,1-2H3. The fraction of sp³-hybridized carbons (Fsp3) is 0.533. The van der Waals surface area contributed by atoms with Crippen molar-refractivity contribution in [1.82, 2.24) is 4.90 Å². The topological polar surface area (TPSA) is 38.8 Å². The maximum atomic E-state index is 11.7. The van der Waals surface area contributed by atoms with E-state index >= 15 is 0 Å². The number of rotatable bonds is 4. The van der Waals surface area contributed by atoms with Crippen molar-refractivity contribution in [2.75, 3.05) is 27.4 Å². The minimum Gasteiger partial charge on any atom is -0.465 e. The predicted octanol–water partition coefficient (Wildman–Crippen LogP) is 2.08. The number of carbonyl (C=O) groups is 1. The van der Waals surface area contributed by atoms with Crippen LogP contribution in [0.2, 0.25) is 0 Å². The predicted molar refractivity (Wildman–Crippen MR) is 73.1 cm³/mol. The molecule has 0 amide bonds. The van der Waals surface area contributed by atoms with Crippen LogP contribution in [-0.4, -0.2) is 44.3 Å². The van der Waals surface area contributed by atoms with Crippen LogP contribution in [0.3, 0.4) is 0 Å². The van der Waals surface area contributed by atoms with Crippen molar-refractivity contribution in [3.8, 4) is 0 Å². The number of ether oxygens (including phenoxy) is 2. The number of methoxy groups -OCH3 is 1. The van der Waals surface area contributed by atoms with Crippen LogP contribution in [0.15, 0.2) is 24.3 Å². The summed E-state index contributed by atoms with van der Waals surface area (Å²) in [4.78, 5) is 14.0. The Balaban J connectivity index is 2.07. The Kier molecular flexibility index (Phi) is 4.93. The van der Waals surface area contributed by atoms with Gasteiger partial charge in [-0.1, -0.05) is 18.2 Å². The minimum absolute atomic E-state index is 0.268. The van der Waals surface area contributed by atoms with Gasteiger partial charge in [0.05, 0.1) is 12.7 Å². The fourth-order valence-electron chi connectivity index (χ4n) is 2.49. The Morgan fingerprint density at radius 2 is 2.05 bits per heavy atom. The summed E-state index contributed by atoms with van der Waals surface area (Å²) in [5, 5.41) is 0. The second-order valence-corrected chi connectivity index (χ2v) is 4.91. The number of hydrogen-bond donors (Lipinski definition) is 0. The third-order valence-corrected chi connectivity index (χ3v) is 3.66. The number of hydrogen-bond acceptors (Lipinski definition) is 4. The molecule has 0 aliphatic carbocycles. The van der Waals surface area contributed by atoms with Crippen LogP contribution in [0.5, 0.6) is 0 Å². The molecular weight excluding hydrogens is 242 g/mol. The van der Waals surface area contributed by atoms with Gasteiger partial charge in [-0.2, -0.15) is 0 Å². The molecule has 1 fully saturated rings. The molecule has 0 bridgehead atoms. The quantitative estimate of drug-likeness (QED) is 0.780. The van der Waals surface area contributed by atoms with Gasteiger partial charge < -0.3 is 9.47 Å². The lowest BCUT2D eigenvalue weighted by Crippen LogP contribution is -2.36. The summed E-state index contributed by atoms with van der Waals surface area (Å²) in [5.41, 5.74) is 1.67. The van der Waals surface area contributed by atoms with E-state index in [4.69, 9.17) is 9.47 Å². The molecule has 4 heteroatoms. The van der Waals surface area contributed by atoms with E-state index in [0.29, 0.717) is 11.6 Å². The molecule has 1 aromatic carbocycles. The second kappa shape index (κ2) is 6.68. The van der Waals surface area contributed by atoms with Gasteiger partial charge >= 0.3 is 5.97 Å². The molecule has 4 nitrogen and oxygen atoms in total. The normalized spacial score (nSPS) is 16.6. The van der Waals surface area contributed by atoms with Crippen LogP contribution in [0.4, 0.5) is 0 Å². The van der Waals surface area contributed by atoms with Crippen LogP contribution >= 0.6 is 0 Å². The zero-order valence-electron chi connectivity index (χ0n) is 11.6. The van der Waals surface area contributed by atoms with Crippen LogP contribution in [0, 0.1) is 0 Å². The Morgan fingerprint density at radius 3 is 2.74 bits per heavy atom. The first-order valence-corrected chi connectivity index (χ1v) is 6.66. The maximum Gasteiger partial charge on any atom is 0.338 e. The highest BCUT2D eigenvalue weighted by Crippen LogP contribution is 2.18. The zero-order valence-corrected chi connectivity index (χ0v) is 11.6. The highest BCUT2D eigenvalue weighted by atomic mass is 16.5. The lowest BCUT2D eigenvalue weighted by molar-refractivity contribution is 0.0402. The van der Waals surface area contributed by atoms with Crippen molar-refractivity contribution < 1.29 is 14.3 Å². The smallest absolute Gasteiger partial charge is 0.338 e. The van der Waals surface area contributed by atoms with E-state index in [0.717, 1.165) is 38.2 Å². The van der Waals surface area contributed by atoms with E-state index in [-0.39, 0.29) is 5.97 Å². The van der Waals surface area contributed by atoms with Gasteiger partial charge in [-0.25, -0.2) is 4.79 Å². The van der Waals surface area contributed by atoms with Crippen molar-refractivity contribution in [1.29, 1.82) is 0 Å². The molecule has 0 aromatic heterocycles. The van der Waals surface area contributed by atoms with Crippen molar-refractivity contribution in [3.05, 3.63) is 35.4 Å². The average molecular weight is 263 g/mol. The highest BCUT2D eigenvalue weighted by molar-refractivity contribution is 5.90. The lowest BCUT2D eigenvalue weighted by Gasteiger charge is -2.31. The average Bonchev–Trinajstić information content (AvgIpc) is 2.48. The fourth-order valence-corrected chi connectivity index (χ4v) is 2.49. The Labute approximate surface area is 114 Å². The van der Waals surface area contributed by atoms with Crippen LogP contribution in [-0.2, 0) is 16.0 Å². The van der Waals surface area contributed by atoms with E-state index in [2.05, 4.69) is 11.9 Å². The summed E-state index contributed by atoms with van der Waals surface area (Å²) in [6, 6.07) is 8.16. The first-order chi connectivity index (χ1) is 9.22. The number of nitrogens with zero attached hydrogens (tertiary/aromatic N) is 1. The molecule has 0 saturated carbocycles. The number of esters is 1. The summed E-state index contributed by atoms with van der Waals surface area (Å²) < 4.78 is 10.2. The monoisotopic (exact) mass is 263 g/mol. The molecule has 2 rings (SSSR count). The molecule has 0 spiro atoms. The molecule has 104 valence electrons. The SMILES string of the molecule is COC(=O)c1ccccc1CN(C)C1CCOCC1. The third-order valence-electron chi connectivity index (χ3n) is 3.66. The third kappa shape index (κ3) is 3.55. The van der Waals surface area contributed by atoms with Crippen LogP contribution in [0.1, 0.15) is 28.8 Å². The van der Waals surface area contributed by atoms with Gasteiger partial charge in [0, 0.05) is 25.8 Å². The molecule has 0 radical (unpaired) electrons. The molecule has 1 aliphatic rings. The molecule has 1 aliphatic heterocycles. The summed E-state index contributed by atoms with van der Waals surface area (Å²) in [5.74, 6) is -0.268. The second-order valence-electron chi connectivity index (χ2n) is 4.91. The van der Waals surface area contributed by atoms with E-state index in [1.54, 1.807) is 0 Å². The van der Waals surface area contributed by atoms with Gasteiger partial charge in [0.2, 0.25) is 0 Å². The minimum atomic E-state index is -0.268. The molecule has 1 heterocycles. The van der Waals surface area contributed by atoms with Crippen LogP contribution in [0.25, 0.3) is 0 Å². The van der Waals surface area contributed by atoms with Gasteiger partial charge in [-0.15, -0.1) is 0 Å². The Morgan fingerprint density at radius 1 is 1.37 bits per heavy atom. The summed E-state index contributed by atoms with van der Waals surface area (Å²) in [6.45, 7) is 2.41. The molecule has 0 atom stereocenters.